The van der Waals surface area contributed by atoms with Crippen LogP contribution in [0.5, 0.6) is 5.75 Å². The average molecular weight is 401 g/mol. The van der Waals surface area contributed by atoms with E-state index in [0.29, 0.717) is 23.5 Å². The van der Waals surface area contributed by atoms with Gasteiger partial charge < -0.3 is 14.8 Å². The Kier molecular flexibility index (Phi) is 8.33. The molecule has 0 heterocycles. The number of amides is 1. The number of carbonyl (C=O) groups is 3. The van der Waals surface area contributed by atoms with Gasteiger partial charge in [-0.05, 0) is 55.3 Å². The van der Waals surface area contributed by atoms with Crippen molar-refractivity contribution < 1.29 is 28.2 Å². The summed E-state index contributed by atoms with van der Waals surface area (Å²) in [6.45, 7) is 3.71. The van der Waals surface area contributed by atoms with Gasteiger partial charge in [0.1, 0.15) is 11.6 Å². The molecule has 2 aromatic carbocycles. The molecule has 0 unspecified atom stereocenters. The van der Waals surface area contributed by atoms with E-state index in [2.05, 4.69) is 5.32 Å². The number of ether oxygens (including phenoxy) is 2. The smallest absolute Gasteiger partial charge is 0.306 e. The summed E-state index contributed by atoms with van der Waals surface area (Å²) >= 11 is 0. The second-order valence-electron chi connectivity index (χ2n) is 6.47. The van der Waals surface area contributed by atoms with Crippen molar-refractivity contribution in [3.05, 3.63) is 59.4 Å². The zero-order valence-corrected chi connectivity index (χ0v) is 16.5. The molecule has 0 saturated heterocycles. The second kappa shape index (κ2) is 10.9. The molecule has 1 N–H and O–H groups in total. The molecule has 1 amide bonds. The molecular weight excluding hydrogens is 377 g/mol. The number of anilines is 1. The first-order valence-electron chi connectivity index (χ1n) is 9.36. The van der Waals surface area contributed by atoms with Gasteiger partial charge in [-0.15, -0.1) is 0 Å². The van der Waals surface area contributed by atoms with E-state index in [1.807, 2.05) is 6.92 Å². The highest BCUT2D eigenvalue weighted by molar-refractivity contribution is 5.98. The first kappa shape index (κ1) is 22.1. The molecule has 0 saturated carbocycles. The number of hydrogen-bond donors (Lipinski definition) is 1. The molecular formula is C22H24FNO5. The van der Waals surface area contributed by atoms with E-state index in [1.165, 1.54) is 12.1 Å². The molecule has 7 heteroatoms. The molecule has 0 aliphatic heterocycles. The minimum absolute atomic E-state index is 0.0290. The van der Waals surface area contributed by atoms with Crippen molar-refractivity contribution in [2.75, 3.05) is 18.5 Å². The highest BCUT2D eigenvalue weighted by Gasteiger charge is 2.12. The van der Waals surface area contributed by atoms with Crippen molar-refractivity contribution in [3.63, 3.8) is 0 Å². The van der Waals surface area contributed by atoms with E-state index >= 15 is 0 Å². The molecule has 0 aromatic heterocycles. The summed E-state index contributed by atoms with van der Waals surface area (Å²) in [5, 5.41) is 2.44. The van der Waals surface area contributed by atoms with Crippen LogP contribution >= 0.6 is 0 Å². The van der Waals surface area contributed by atoms with Crippen molar-refractivity contribution in [2.45, 2.75) is 33.1 Å². The van der Waals surface area contributed by atoms with Gasteiger partial charge in [0.2, 0.25) is 0 Å². The number of halogens is 1. The maximum absolute atomic E-state index is 13.5. The summed E-state index contributed by atoms with van der Waals surface area (Å²) in [6, 6.07) is 11.0. The van der Waals surface area contributed by atoms with E-state index < -0.39 is 24.3 Å². The average Bonchev–Trinajstić information content (AvgIpc) is 2.72. The summed E-state index contributed by atoms with van der Waals surface area (Å²) in [5.74, 6) is -1.21. The molecule has 2 rings (SSSR count). The molecule has 0 bridgehead atoms. The number of hydrogen-bond acceptors (Lipinski definition) is 5. The highest BCUT2D eigenvalue weighted by atomic mass is 19.1. The largest absolute Gasteiger partial charge is 0.494 e. The van der Waals surface area contributed by atoms with Gasteiger partial charge in [0.15, 0.2) is 12.4 Å². The van der Waals surface area contributed by atoms with Gasteiger partial charge >= 0.3 is 5.97 Å². The van der Waals surface area contributed by atoms with Crippen LogP contribution in [0, 0.1) is 12.7 Å². The quantitative estimate of drug-likeness (QED) is 0.479. The molecule has 0 aliphatic carbocycles. The fourth-order valence-corrected chi connectivity index (χ4v) is 2.40. The highest BCUT2D eigenvalue weighted by Crippen LogP contribution is 2.15. The number of esters is 1. The number of nitrogens with one attached hydrogen (secondary N) is 1. The van der Waals surface area contributed by atoms with Crippen molar-refractivity contribution >= 4 is 23.3 Å². The van der Waals surface area contributed by atoms with Crippen LogP contribution in [0.3, 0.4) is 0 Å². The van der Waals surface area contributed by atoms with E-state index in [4.69, 9.17) is 9.47 Å². The number of rotatable bonds is 10. The number of benzene rings is 2. The molecule has 29 heavy (non-hydrogen) atoms. The van der Waals surface area contributed by atoms with Crippen molar-refractivity contribution in [1.29, 1.82) is 0 Å². The number of carbonyl (C=O) groups excluding carboxylic acids is 3. The van der Waals surface area contributed by atoms with Crippen LogP contribution in [0.1, 0.15) is 42.1 Å². The Hall–Kier alpha value is -3.22. The fourth-order valence-electron chi connectivity index (χ4n) is 2.40. The standard InChI is InChI=1S/C22H24FNO5/c1-3-12-28-18-8-5-16(6-9-18)20(25)10-11-22(27)29-14-21(26)24-17-7-4-15(2)19(23)13-17/h4-9,13H,3,10-12,14H2,1-2H3,(H,24,26). The fraction of sp³-hybridized carbons (Fsp3) is 0.318. The molecule has 0 atom stereocenters. The minimum atomic E-state index is -0.661. The van der Waals surface area contributed by atoms with Gasteiger partial charge in [-0.25, -0.2) is 4.39 Å². The lowest BCUT2D eigenvalue weighted by molar-refractivity contribution is -0.147. The molecule has 154 valence electrons. The third kappa shape index (κ3) is 7.37. The van der Waals surface area contributed by atoms with Gasteiger partial charge in [-0.2, -0.15) is 0 Å². The maximum atomic E-state index is 13.5. The van der Waals surface area contributed by atoms with E-state index in [-0.39, 0.29) is 24.3 Å². The second-order valence-corrected chi connectivity index (χ2v) is 6.47. The monoisotopic (exact) mass is 401 g/mol. The van der Waals surface area contributed by atoms with E-state index in [0.717, 1.165) is 6.42 Å². The third-order valence-corrected chi connectivity index (χ3v) is 4.03. The van der Waals surface area contributed by atoms with Crippen LogP contribution in [-0.4, -0.2) is 30.9 Å². The lowest BCUT2D eigenvalue weighted by atomic mass is 10.1. The summed E-state index contributed by atoms with van der Waals surface area (Å²) < 4.78 is 23.8. The lowest BCUT2D eigenvalue weighted by Gasteiger charge is -2.08. The number of aryl methyl sites for hydroxylation is 1. The van der Waals surface area contributed by atoms with Crippen LogP contribution in [0.2, 0.25) is 0 Å². The summed E-state index contributed by atoms with van der Waals surface area (Å²) in [6.07, 6.45) is 0.723. The summed E-state index contributed by atoms with van der Waals surface area (Å²) in [4.78, 5) is 35.7. The normalized spacial score (nSPS) is 10.3. The Bertz CT molecular complexity index is 864. The molecule has 0 aliphatic rings. The maximum Gasteiger partial charge on any atom is 0.306 e. The number of Topliss-reactive ketones (excluding diaryl/α,β-unsaturated/α-hetero) is 1. The van der Waals surface area contributed by atoms with Gasteiger partial charge in [0.05, 0.1) is 13.0 Å². The van der Waals surface area contributed by atoms with Crippen molar-refractivity contribution in [1.82, 2.24) is 0 Å². The SMILES string of the molecule is CCCOc1ccc(C(=O)CCC(=O)OCC(=O)Nc2ccc(C)c(F)c2)cc1. The Morgan fingerprint density at radius 1 is 1.03 bits per heavy atom. The first-order valence-corrected chi connectivity index (χ1v) is 9.36. The van der Waals surface area contributed by atoms with Crippen LogP contribution in [-0.2, 0) is 14.3 Å². The molecule has 0 fully saturated rings. The Labute approximate surface area is 169 Å². The molecule has 6 nitrogen and oxygen atoms in total. The minimum Gasteiger partial charge on any atom is -0.494 e. The summed E-state index contributed by atoms with van der Waals surface area (Å²) in [7, 11) is 0. The van der Waals surface area contributed by atoms with Crippen LogP contribution in [0.4, 0.5) is 10.1 Å². The van der Waals surface area contributed by atoms with Crippen LogP contribution in [0.25, 0.3) is 0 Å². The first-order chi connectivity index (χ1) is 13.9. The van der Waals surface area contributed by atoms with Gasteiger partial charge in [0, 0.05) is 17.7 Å². The zero-order chi connectivity index (χ0) is 21.2. The molecule has 0 spiro atoms. The zero-order valence-electron chi connectivity index (χ0n) is 16.5. The third-order valence-electron chi connectivity index (χ3n) is 4.03. The Balaban J connectivity index is 1.72. The van der Waals surface area contributed by atoms with Crippen LogP contribution < -0.4 is 10.1 Å². The number of ketones is 1. The predicted octanol–water partition coefficient (Wildman–Crippen LogP) is 4.07. The van der Waals surface area contributed by atoms with Gasteiger partial charge in [-0.3, -0.25) is 14.4 Å². The lowest BCUT2D eigenvalue weighted by Crippen LogP contribution is -2.21. The van der Waals surface area contributed by atoms with E-state index in [9.17, 15) is 18.8 Å². The summed E-state index contributed by atoms with van der Waals surface area (Å²) in [5.41, 5.74) is 1.21. The van der Waals surface area contributed by atoms with Crippen LogP contribution in [0.15, 0.2) is 42.5 Å². The van der Waals surface area contributed by atoms with Gasteiger partial charge in [-0.1, -0.05) is 13.0 Å². The van der Waals surface area contributed by atoms with Crippen molar-refractivity contribution in [2.24, 2.45) is 0 Å². The Morgan fingerprint density at radius 2 is 1.76 bits per heavy atom. The Morgan fingerprint density at radius 3 is 2.41 bits per heavy atom. The molecule has 0 radical (unpaired) electrons. The topological polar surface area (TPSA) is 81.7 Å². The predicted molar refractivity (Wildman–Crippen MR) is 107 cm³/mol. The van der Waals surface area contributed by atoms with Gasteiger partial charge in [0.25, 0.3) is 5.91 Å². The van der Waals surface area contributed by atoms with E-state index in [1.54, 1.807) is 37.3 Å². The molecule has 2 aromatic rings. The van der Waals surface area contributed by atoms with Crippen molar-refractivity contribution in [3.8, 4) is 5.75 Å².